The van der Waals surface area contributed by atoms with Gasteiger partial charge in [-0.3, -0.25) is 4.79 Å². The van der Waals surface area contributed by atoms with Crippen molar-refractivity contribution in [1.29, 1.82) is 0 Å². The van der Waals surface area contributed by atoms with E-state index < -0.39 is 0 Å². The zero-order valence-corrected chi connectivity index (χ0v) is 8.34. The minimum Gasteiger partial charge on any atom is -0.389 e. The molecule has 1 N–H and O–H groups in total. The molecule has 0 bridgehead atoms. The number of amides is 1. The van der Waals surface area contributed by atoms with Crippen LogP contribution in [0.25, 0.3) is 6.08 Å². The van der Waals surface area contributed by atoms with Crippen LogP contribution >= 0.6 is 0 Å². The summed E-state index contributed by atoms with van der Waals surface area (Å²) in [4.78, 5) is 13.1. The second kappa shape index (κ2) is 4.28. The summed E-state index contributed by atoms with van der Waals surface area (Å²) in [7, 11) is 0. The van der Waals surface area contributed by atoms with Crippen molar-refractivity contribution in [2.45, 2.75) is 6.10 Å². The normalized spacial score (nSPS) is 16.7. The first-order chi connectivity index (χ1) is 7.25. The number of hydrogen-bond donors (Lipinski definition) is 1. The van der Waals surface area contributed by atoms with Gasteiger partial charge in [-0.25, -0.2) is 0 Å². The molecule has 1 saturated heterocycles. The average molecular weight is 203 g/mol. The van der Waals surface area contributed by atoms with Crippen molar-refractivity contribution >= 4 is 12.0 Å². The molecule has 0 aromatic heterocycles. The SMILES string of the molecule is O=C(C=Cc1ccccc1)N1CC(O)C1. The third-order valence-corrected chi connectivity index (χ3v) is 2.39. The fourth-order valence-corrected chi connectivity index (χ4v) is 1.47. The second-order valence-electron chi connectivity index (χ2n) is 3.64. The van der Waals surface area contributed by atoms with Gasteiger partial charge in [0.1, 0.15) is 0 Å². The quantitative estimate of drug-likeness (QED) is 0.725. The monoisotopic (exact) mass is 203 g/mol. The number of benzene rings is 1. The Balaban J connectivity index is 1.92. The van der Waals surface area contributed by atoms with Crippen LogP contribution in [0.15, 0.2) is 36.4 Å². The van der Waals surface area contributed by atoms with Crippen molar-refractivity contribution in [2.75, 3.05) is 13.1 Å². The summed E-state index contributed by atoms with van der Waals surface area (Å²) in [5.74, 6) is -0.0378. The van der Waals surface area contributed by atoms with Crippen LogP contribution in [0, 0.1) is 0 Å². The molecule has 3 nitrogen and oxygen atoms in total. The van der Waals surface area contributed by atoms with Crippen LogP contribution in [0.2, 0.25) is 0 Å². The van der Waals surface area contributed by atoms with Crippen molar-refractivity contribution < 1.29 is 9.90 Å². The molecule has 1 heterocycles. The van der Waals surface area contributed by atoms with E-state index in [9.17, 15) is 4.79 Å². The molecule has 78 valence electrons. The summed E-state index contributed by atoms with van der Waals surface area (Å²) in [6, 6.07) is 9.67. The van der Waals surface area contributed by atoms with Gasteiger partial charge >= 0.3 is 0 Å². The molecule has 1 aliphatic rings. The predicted octanol–water partition coefficient (Wildman–Crippen LogP) is 0.903. The molecule has 0 unspecified atom stereocenters. The Kier molecular flexibility index (Phi) is 2.83. The summed E-state index contributed by atoms with van der Waals surface area (Å²) in [5.41, 5.74) is 1.01. The lowest BCUT2D eigenvalue weighted by Crippen LogP contribution is -2.52. The van der Waals surface area contributed by atoms with Gasteiger partial charge in [0.2, 0.25) is 5.91 Å². The van der Waals surface area contributed by atoms with Crippen LogP contribution in [0.4, 0.5) is 0 Å². The largest absolute Gasteiger partial charge is 0.389 e. The van der Waals surface area contributed by atoms with Gasteiger partial charge in [-0.2, -0.15) is 0 Å². The number of carbonyl (C=O) groups is 1. The number of rotatable bonds is 2. The Morgan fingerprint density at radius 2 is 2.00 bits per heavy atom. The lowest BCUT2D eigenvalue weighted by Gasteiger charge is -2.34. The van der Waals surface area contributed by atoms with Crippen molar-refractivity contribution in [2.24, 2.45) is 0 Å². The van der Waals surface area contributed by atoms with Crippen molar-refractivity contribution in [3.63, 3.8) is 0 Å². The summed E-state index contributed by atoms with van der Waals surface area (Å²) in [5, 5.41) is 9.03. The molecular weight excluding hydrogens is 190 g/mol. The van der Waals surface area contributed by atoms with Gasteiger partial charge in [0.05, 0.1) is 6.10 Å². The van der Waals surface area contributed by atoms with Crippen LogP contribution < -0.4 is 0 Å². The van der Waals surface area contributed by atoms with Gasteiger partial charge < -0.3 is 10.0 Å². The number of nitrogens with zero attached hydrogens (tertiary/aromatic N) is 1. The minimum absolute atomic E-state index is 0.0378. The van der Waals surface area contributed by atoms with Gasteiger partial charge in [0.25, 0.3) is 0 Å². The molecule has 1 aliphatic heterocycles. The Labute approximate surface area is 88.6 Å². The van der Waals surface area contributed by atoms with E-state index in [0.29, 0.717) is 13.1 Å². The van der Waals surface area contributed by atoms with Crippen LogP contribution in [0.5, 0.6) is 0 Å². The number of aliphatic hydroxyl groups excluding tert-OH is 1. The standard InChI is InChI=1S/C12H13NO2/c14-11-8-13(9-11)12(15)7-6-10-4-2-1-3-5-10/h1-7,11,14H,8-9H2. The first kappa shape index (κ1) is 9.93. The molecule has 2 rings (SSSR count). The lowest BCUT2D eigenvalue weighted by molar-refractivity contribution is -0.135. The topological polar surface area (TPSA) is 40.5 Å². The predicted molar refractivity (Wildman–Crippen MR) is 58.1 cm³/mol. The Morgan fingerprint density at radius 3 is 2.60 bits per heavy atom. The molecule has 3 heteroatoms. The fourth-order valence-electron chi connectivity index (χ4n) is 1.47. The molecule has 1 aromatic rings. The van der Waals surface area contributed by atoms with Gasteiger partial charge in [0.15, 0.2) is 0 Å². The van der Waals surface area contributed by atoms with E-state index >= 15 is 0 Å². The molecule has 1 amide bonds. The third kappa shape index (κ3) is 2.44. The third-order valence-electron chi connectivity index (χ3n) is 2.39. The summed E-state index contributed by atoms with van der Waals surface area (Å²) >= 11 is 0. The van der Waals surface area contributed by atoms with Gasteiger partial charge in [0, 0.05) is 19.2 Å². The molecule has 0 radical (unpaired) electrons. The molecule has 0 atom stereocenters. The van der Waals surface area contributed by atoms with E-state index in [1.807, 2.05) is 30.3 Å². The van der Waals surface area contributed by atoms with Gasteiger partial charge in [-0.1, -0.05) is 30.3 Å². The zero-order chi connectivity index (χ0) is 10.7. The van der Waals surface area contributed by atoms with Crippen molar-refractivity contribution in [1.82, 2.24) is 4.90 Å². The number of β-amino-alcohol motifs (C(OH)–C–C–N with tert-alkyl or cyclic N) is 1. The van der Waals surface area contributed by atoms with E-state index in [0.717, 1.165) is 5.56 Å². The fraction of sp³-hybridized carbons (Fsp3) is 0.250. The minimum atomic E-state index is -0.334. The van der Waals surface area contributed by atoms with Crippen LogP contribution in [0.1, 0.15) is 5.56 Å². The molecule has 1 aromatic carbocycles. The molecule has 15 heavy (non-hydrogen) atoms. The Hall–Kier alpha value is -1.61. The number of carbonyl (C=O) groups excluding carboxylic acids is 1. The van der Waals surface area contributed by atoms with Gasteiger partial charge in [-0.15, -0.1) is 0 Å². The zero-order valence-electron chi connectivity index (χ0n) is 8.34. The Morgan fingerprint density at radius 1 is 1.33 bits per heavy atom. The van der Waals surface area contributed by atoms with Crippen LogP contribution in [-0.4, -0.2) is 35.1 Å². The highest BCUT2D eigenvalue weighted by Gasteiger charge is 2.26. The molecule has 0 spiro atoms. The van der Waals surface area contributed by atoms with Gasteiger partial charge in [-0.05, 0) is 11.6 Å². The smallest absolute Gasteiger partial charge is 0.246 e. The first-order valence-corrected chi connectivity index (χ1v) is 4.96. The number of aliphatic hydroxyl groups is 1. The van der Waals surface area contributed by atoms with Crippen molar-refractivity contribution in [3.05, 3.63) is 42.0 Å². The molecule has 0 aliphatic carbocycles. The highest BCUT2D eigenvalue weighted by molar-refractivity contribution is 5.92. The van der Waals surface area contributed by atoms with Crippen LogP contribution in [0.3, 0.4) is 0 Å². The second-order valence-corrected chi connectivity index (χ2v) is 3.64. The van der Waals surface area contributed by atoms with E-state index in [2.05, 4.69) is 0 Å². The summed E-state index contributed by atoms with van der Waals surface area (Å²) in [6.45, 7) is 0.913. The molecule has 0 saturated carbocycles. The maximum absolute atomic E-state index is 11.5. The maximum atomic E-state index is 11.5. The van der Waals surface area contributed by atoms with E-state index in [1.165, 1.54) is 0 Å². The highest BCUT2D eigenvalue weighted by atomic mass is 16.3. The van der Waals surface area contributed by atoms with E-state index in [-0.39, 0.29) is 12.0 Å². The van der Waals surface area contributed by atoms with E-state index in [1.54, 1.807) is 17.1 Å². The van der Waals surface area contributed by atoms with E-state index in [4.69, 9.17) is 5.11 Å². The molecular formula is C12H13NO2. The highest BCUT2D eigenvalue weighted by Crippen LogP contribution is 2.09. The maximum Gasteiger partial charge on any atom is 0.246 e. The summed E-state index contributed by atoms with van der Waals surface area (Å²) < 4.78 is 0. The Bertz CT molecular complexity index is 366. The van der Waals surface area contributed by atoms with Crippen LogP contribution in [-0.2, 0) is 4.79 Å². The number of likely N-dealkylation sites (tertiary alicyclic amines) is 1. The first-order valence-electron chi connectivity index (χ1n) is 4.96. The summed E-state index contributed by atoms with van der Waals surface area (Å²) in [6.07, 6.45) is 2.99. The number of hydrogen-bond acceptors (Lipinski definition) is 2. The van der Waals surface area contributed by atoms with Crippen molar-refractivity contribution in [3.8, 4) is 0 Å². The lowest BCUT2D eigenvalue weighted by atomic mass is 10.1. The average Bonchev–Trinajstić information content (AvgIpc) is 2.23. The molecule has 1 fully saturated rings.